The van der Waals surface area contributed by atoms with Gasteiger partial charge in [0.25, 0.3) is 5.91 Å². The molecule has 0 spiro atoms. The van der Waals surface area contributed by atoms with Crippen LogP contribution in [0.1, 0.15) is 17.2 Å². The summed E-state index contributed by atoms with van der Waals surface area (Å²) in [4.78, 5) is 26.9. The van der Waals surface area contributed by atoms with Gasteiger partial charge in [-0.15, -0.1) is 0 Å². The summed E-state index contributed by atoms with van der Waals surface area (Å²) in [7, 11) is 0. The van der Waals surface area contributed by atoms with E-state index in [9.17, 15) is 9.59 Å². The number of carbonyl (C=O) groups excluding carboxylic acids is 2. The Balaban J connectivity index is 1.76. The molecule has 0 aliphatic heterocycles. The van der Waals surface area contributed by atoms with Crippen molar-refractivity contribution < 1.29 is 14.3 Å². The van der Waals surface area contributed by atoms with Gasteiger partial charge in [0.1, 0.15) is 0 Å². The summed E-state index contributed by atoms with van der Waals surface area (Å²) in [6.45, 7) is 0. The molecule has 0 bridgehead atoms. The van der Waals surface area contributed by atoms with Gasteiger partial charge in [-0.3, -0.25) is 9.59 Å². The molecular formula is C18H16N2O3. The van der Waals surface area contributed by atoms with Gasteiger partial charge in [0, 0.05) is 22.7 Å². The van der Waals surface area contributed by atoms with Crippen molar-refractivity contribution in [3.05, 3.63) is 71.9 Å². The maximum atomic E-state index is 12.2. The van der Waals surface area contributed by atoms with Crippen molar-refractivity contribution in [2.24, 2.45) is 5.73 Å². The van der Waals surface area contributed by atoms with E-state index in [0.29, 0.717) is 5.56 Å². The van der Waals surface area contributed by atoms with Crippen LogP contribution >= 0.6 is 0 Å². The molecule has 0 aliphatic carbocycles. The van der Waals surface area contributed by atoms with E-state index in [0.717, 1.165) is 16.5 Å². The van der Waals surface area contributed by atoms with Crippen LogP contribution in [0.25, 0.3) is 10.9 Å². The van der Waals surface area contributed by atoms with Crippen LogP contribution in [-0.4, -0.2) is 16.9 Å². The lowest BCUT2D eigenvalue weighted by Crippen LogP contribution is -2.26. The molecule has 23 heavy (non-hydrogen) atoms. The number of primary amides is 1. The first-order chi connectivity index (χ1) is 11.1. The Morgan fingerprint density at radius 3 is 2.48 bits per heavy atom. The number of H-pyrrole nitrogens is 1. The number of ether oxygens (including phenoxy) is 1. The van der Waals surface area contributed by atoms with Crippen molar-refractivity contribution in [1.29, 1.82) is 0 Å². The van der Waals surface area contributed by atoms with Crippen LogP contribution in [-0.2, 0) is 20.7 Å². The molecular weight excluding hydrogens is 292 g/mol. The summed E-state index contributed by atoms with van der Waals surface area (Å²) in [5.74, 6) is -1.19. The summed E-state index contributed by atoms with van der Waals surface area (Å²) < 4.78 is 5.29. The second-order valence-electron chi connectivity index (χ2n) is 5.22. The average Bonchev–Trinajstić information content (AvgIpc) is 2.96. The van der Waals surface area contributed by atoms with Gasteiger partial charge in [-0.05, 0) is 11.6 Å². The summed E-state index contributed by atoms with van der Waals surface area (Å²) >= 11 is 0. The number of nitrogens with two attached hydrogens (primary N) is 1. The van der Waals surface area contributed by atoms with Gasteiger partial charge in [-0.25, -0.2) is 0 Å². The predicted molar refractivity (Wildman–Crippen MR) is 86.5 cm³/mol. The van der Waals surface area contributed by atoms with E-state index in [1.54, 1.807) is 30.5 Å². The Kier molecular flexibility index (Phi) is 4.10. The van der Waals surface area contributed by atoms with E-state index in [2.05, 4.69) is 4.98 Å². The summed E-state index contributed by atoms with van der Waals surface area (Å²) in [5, 5.41) is 0.958. The van der Waals surface area contributed by atoms with E-state index in [4.69, 9.17) is 10.5 Å². The van der Waals surface area contributed by atoms with E-state index in [1.165, 1.54) is 0 Å². The van der Waals surface area contributed by atoms with E-state index >= 15 is 0 Å². The van der Waals surface area contributed by atoms with Crippen LogP contribution in [0, 0.1) is 0 Å². The first-order valence-electron chi connectivity index (χ1n) is 7.24. The van der Waals surface area contributed by atoms with Gasteiger partial charge in [-0.2, -0.15) is 0 Å². The zero-order valence-corrected chi connectivity index (χ0v) is 12.4. The monoisotopic (exact) mass is 308 g/mol. The minimum Gasteiger partial charge on any atom is -0.447 e. The lowest BCUT2D eigenvalue weighted by atomic mass is 10.1. The predicted octanol–water partition coefficient (Wildman–Crippen LogP) is 2.48. The van der Waals surface area contributed by atoms with Gasteiger partial charge < -0.3 is 15.5 Å². The highest BCUT2D eigenvalue weighted by molar-refractivity contribution is 5.88. The molecule has 1 atom stereocenters. The maximum Gasteiger partial charge on any atom is 0.311 e. The van der Waals surface area contributed by atoms with E-state index < -0.39 is 18.0 Å². The zero-order chi connectivity index (χ0) is 16.2. The number of esters is 1. The number of benzene rings is 2. The number of nitrogens with one attached hydrogen (secondary N) is 1. The van der Waals surface area contributed by atoms with Crippen LogP contribution < -0.4 is 5.73 Å². The van der Waals surface area contributed by atoms with Gasteiger partial charge >= 0.3 is 5.97 Å². The molecule has 1 unspecified atom stereocenters. The molecule has 3 rings (SSSR count). The van der Waals surface area contributed by atoms with E-state index in [1.807, 2.05) is 30.3 Å². The number of aromatic nitrogens is 1. The lowest BCUT2D eigenvalue weighted by molar-refractivity contribution is -0.154. The number of aromatic amines is 1. The topological polar surface area (TPSA) is 85.2 Å². The fourth-order valence-corrected chi connectivity index (χ4v) is 2.52. The molecule has 0 fully saturated rings. The Morgan fingerprint density at radius 1 is 1.04 bits per heavy atom. The molecule has 3 N–H and O–H groups in total. The van der Waals surface area contributed by atoms with Gasteiger partial charge in [0.2, 0.25) is 6.10 Å². The Morgan fingerprint density at radius 2 is 1.74 bits per heavy atom. The molecule has 0 saturated carbocycles. The minimum absolute atomic E-state index is 0.0701. The standard InChI is InChI=1S/C18H16N2O3/c19-18(22)17(12-6-2-1-3-7-12)23-16(21)10-13-11-20-15-9-5-4-8-14(13)15/h1-9,11,17,20H,10H2,(H2,19,22). The summed E-state index contributed by atoms with van der Waals surface area (Å²) in [5.41, 5.74) is 7.69. The second kappa shape index (κ2) is 6.36. The molecule has 3 aromatic rings. The molecule has 116 valence electrons. The second-order valence-corrected chi connectivity index (χ2v) is 5.22. The van der Waals surface area contributed by atoms with Crippen LogP contribution in [0.4, 0.5) is 0 Å². The van der Waals surface area contributed by atoms with Gasteiger partial charge in [0.05, 0.1) is 6.42 Å². The third-order valence-electron chi connectivity index (χ3n) is 3.62. The number of carbonyl (C=O) groups is 2. The van der Waals surface area contributed by atoms with Crippen molar-refractivity contribution in [2.75, 3.05) is 0 Å². The number of para-hydroxylation sites is 1. The number of hydrogen-bond acceptors (Lipinski definition) is 3. The average molecular weight is 308 g/mol. The summed E-state index contributed by atoms with van der Waals surface area (Å²) in [6, 6.07) is 16.4. The van der Waals surface area contributed by atoms with Gasteiger partial charge in [-0.1, -0.05) is 48.5 Å². The first-order valence-corrected chi connectivity index (χ1v) is 7.24. The Labute approximate surface area is 133 Å². The number of amides is 1. The fraction of sp³-hybridized carbons (Fsp3) is 0.111. The van der Waals surface area contributed by atoms with Crippen LogP contribution in [0.5, 0.6) is 0 Å². The minimum atomic E-state index is -1.08. The first kappa shape index (κ1) is 14.8. The number of rotatable bonds is 5. The third-order valence-corrected chi connectivity index (χ3v) is 3.62. The molecule has 5 heteroatoms. The van der Waals surface area contributed by atoms with Crippen LogP contribution in [0.15, 0.2) is 60.8 Å². The SMILES string of the molecule is NC(=O)C(OC(=O)Cc1c[nH]c2ccccc12)c1ccccc1. The van der Waals surface area contributed by atoms with Crippen molar-refractivity contribution in [3.8, 4) is 0 Å². The fourth-order valence-electron chi connectivity index (χ4n) is 2.52. The van der Waals surface area contributed by atoms with E-state index in [-0.39, 0.29) is 6.42 Å². The Hall–Kier alpha value is -3.08. The molecule has 0 saturated heterocycles. The number of fused-ring (bicyclic) bond motifs is 1. The highest BCUT2D eigenvalue weighted by Crippen LogP contribution is 2.21. The normalized spacial score (nSPS) is 12.0. The smallest absolute Gasteiger partial charge is 0.311 e. The number of hydrogen-bond donors (Lipinski definition) is 2. The molecule has 2 aromatic carbocycles. The Bertz CT molecular complexity index is 840. The largest absolute Gasteiger partial charge is 0.447 e. The molecule has 5 nitrogen and oxygen atoms in total. The third kappa shape index (κ3) is 3.23. The maximum absolute atomic E-state index is 12.2. The van der Waals surface area contributed by atoms with Gasteiger partial charge in [0.15, 0.2) is 0 Å². The van der Waals surface area contributed by atoms with Crippen LogP contribution in [0.2, 0.25) is 0 Å². The molecule has 0 aliphatic rings. The summed E-state index contributed by atoms with van der Waals surface area (Å²) in [6.07, 6.45) is 0.767. The van der Waals surface area contributed by atoms with Crippen molar-refractivity contribution in [3.63, 3.8) is 0 Å². The molecule has 1 amide bonds. The van der Waals surface area contributed by atoms with Crippen molar-refractivity contribution in [1.82, 2.24) is 4.98 Å². The zero-order valence-electron chi connectivity index (χ0n) is 12.4. The van der Waals surface area contributed by atoms with Crippen molar-refractivity contribution in [2.45, 2.75) is 12.5 Å². The quantitative estimate of drug-likeness (QED) is 0.710. The van der Waals surface area contributed by atoms with Crippen molar-refractivity contribution >= 4 is 22.8 Å². The van der Waals surface area contributed by atoms with Crippen LogP contribution in [0.3, 0.4) is 0 Å². The molecule has 0 radical (unpaired) electrons. The highest BCUT2D eigenvalue weighted by atomic mass is 16.5. The molecule has 1 heterocycles. The lowest BCUT2D eigenvalue weighted by Gasteiger charge is -2.14. The molecule has 1 aromatic heterocycles. The highest BCUT2D eigenvalue weighted by Gasteiger charge is 2.22.